The van der Waals surface area contributed by atoms with Crippen molar-refractivity contribution in [3.05, 3.63) is 88.7 Å². The van der Waals surface area contributed by atoms with Crippen LogP contribution in [0.3, 0.4) is 0 Å². The van der Waals surface area contributed by atoms with E-state index in [1.807, 2.05) is 18.2 Å². The fraction of sp³-hybridized carbons (Fsp3) is 0.296. The highest BCUT2D eigenvalue weighted by molar-refractivity contribution is 5.94. The second-order valence-electron chi connectivity index (χ2n) is 8.21. The summed E-state index contributed by atoms with van der Waals surface area (Å²) in [5.41, 5.74) is 3.62. The molecule has 0 radical (unpaired) electrons. The molecule has 3 aromatic rings. The zero-order chi connectivity index (χ0) is 24.1. The van der Waals surface area contributed by atoms with Crippen molar-refractivity contribution >= 4 is 5.91 Å². The normalized spacial score (nSPS) is 15.4. The van der Waals surface area contributed by atoms with Gasteiger partial charge in [0.1, 0.15) is 11.6 Å². The van der Waals surface area contributed by atoms with Crippen LogP contribution in [0.1, 0.15) is 33.1 Å². The standard InChI is InChI=1S/C27H29FN2O4/c1-32-22-9-5-7-20(13-22)27(31)29-16-24-23-15-26(34-3)25(33-2)14-19(23)10-11-30(24)17-18-6-4-8-21(28)12-18/h4-9,12-15,24H,10-11,16-17H2,1-3H3,(H,29,31). The second-order valence-corrected chi connectivity index (χ2v) is 8.21. The predicted molar refractivity (Wildman–Crippen MR) is 128 cm³/mol. The SMILES string of the molecule is COc1cccc(C(=O)NCC2c3cc(OC)c(OC)cc3CCN2Cc2cccc(F)c2)c1. The number of rotatable bonds is 8. The second kappa shape index (κ2) is 10.6. The lowest BCUT2D eigenvalue weighted by atomic mass is 9.91. The summed E-state index contributed by atoms with van der Waals surface area (Å²) >= 11 is 0. The molecule has 6 nitrogen and oxygen atoms in total. The summed E-state index contributed by atoms with van der Waals surface area (Å²) in [7, 11) is 4.80. The molecule has 0 spiro atoms. The number of carbonyl (C=O) groups excluding carboxylic acids is 1. The van der Waals surface area contributed by atoms with Crippen molar-refractivity contribution in [2.45, 2.75) is 19.0 Å². The molecule has 34 heavy (non-hydrogen) atoms. The molecule has 1 aliphatic heterocycles. The molecule has 0 saturated carbocycles. The number of benzene rings is 3. The van der Waals surface area contributed by atoms with E-state index < -0.39 is 0 Å². The average Bonchev–Trinajstić information content (AvgIpc) is 2.87. The van der Waals surface area contributed by atoms with Gasteiger partial charge in [-0.15, -0.1) is 0 Å². The molecule has 0 saturated heterocycles. The monoisotopic (exact) mass is 464 g/mol. The summed E-state index contributed by atoms with van der Waals surface area (Å²) in [6, 6.07) is 17.5. The Bertz CT molecular complexity index is 1170. The number of ether oxygens (including phenoxy) is 3. The zero-order valence-corrected chi connectivity index (χ0v) is 19.6. The van der Waals surface area contributed by atoms with Crippen LogP contribution in [0.5, 0.6) is 17.2 Å². The lowest BCUT2D eigenvalue weighted by molar-refractivity contribution is 0.0925. The number of fused-ring (bicyclic) bond motifs is 1. The number of nitrogens with one attached hydrogen (secondary N) is 1. The minimum absolute atomic E-state index is 0.124. The first-order valence-electron chi connectivity index (χ1n) is 11.2. The molecule has 3 aromatic carbocycles. The number of nitrogens with zero attached hydrogens (tertiary/aromatic N) is 1. The highest BCUT2D eigenvalue weighted by Crippen LogP contribution is 2.38. The van der Waals surface area contributed by atoms with Gasteiger partial charge >= 0.3 is 0 Å². The molecule has 1 heterocycles. The molecular weight excluding hydrogens is 435 g/mol. The van der Waals surface area contributed by atoms with Gasteiger partial charge in [-0.2, -0.15) is 0 Å². The minimum Gasteiger partial charge on any atom is -0.497 e. The number of halogens is 1. The van der Waals surface area contributed by atoms with Gasteiger partial charge in [-0.25, -0.2) is 4.39 Å². The van der Waals surface area contributed by atoms with E-state index in [0.29, 0.717) is 35.9 Å². The molecule has 1 unspecified atom stereocenters. The molecule has 4 rings (SSSR count). The largest absolute Gasteiger partial charge is 0.497 e. The van der Waals surface area contributed by atoms with Gasteiger partial charge in [-0.1, -0.05) is 18.2 Å². The molecule has 1 amide bonds. The van der Waals surface area contributed by atoms with Gasteiger partial charge < -0.3 is 19.5 Å². The van der Waals surface area contributed by atoms with Gasteiger partial charge in [0.15, 0.2) is 11.5 Å². The van der Waals surface area contributed by atoms with E-state index in [1.165, 1.54) is 6.07 Å². The van der Waals surface area contributed by atoms with E-state index >= 15 is 0 Å². The van der Waals surface area contributed by atoms with Crippen LogP contribution in [0.2, 0.25) is 0 Å². The Morgan fingerprint density at radius 3 is 2.50 bits per heavy atom. The van der Waals surface area contributed by atoms with E-state index in [4.69, 9.17) is 14.2 Å². The highest BCUT2D eigenvalue weighted by atomic mass is 19.1. The van der Waals surface area contributed by atoms with E-state index in [2.05, 4.69) is 10.2 Å². The van der Waals surface area contributed by atoms with Crippen LogP contribution >= 0.6 is 0 Å². The van der Waals surface area contributed by atoms with Crippen molar-refractivity contribution in [2.24, 2.45) is 0 Å². The van der Waals surface area contributed by atoms with E-state index in [-0.39, 0.29) is 17.8 Å². The molecule has 7 heteroatoms. The van der Waals surface area contributed by atoms with Gasteiger partial charge in [0.25, 0.3) is 5.91 Å². The fourth-order valence-corrected chi connectivity index (χ4v) is 4.43. The molecular formula is C27H29FN2O4. The van der Waals surface area contributed by atoms with Crippen molar-refractivity contribution in [1.82, 2.24) is 10.2 Å². The van der Waals surface area contributed by atoms with E-state index in [1.54, 1.807) is 57.7 Å². The molecule has 0 fully saturated rings. The summed E-state index contributed by atoms with van der Waals surface area (Å²) in [5.74, 6) is 1.50. The molecule has 0 aromatic heterocycles. The summed E-state index contributed by atoms with van der Waals surface area (Å²) < 4.78 is 30.1. The average molecular weight is 465 g/mol. The fourth-order valence-electron chi connectivity index (χ4n) is 4.43. The number of methoxy groups -OCH3 is 3. The van der Waals surface area contributed by atoms with Gasteiger partial charge in [-0.3, -0.25) is 9.69 Å². The van der Waals surface area contributed by atoms with Crippen molar-refractivity contribution in [3.63, 3.8) is 0 Å². The Morgan fingerprint density at radius 1 is 1.00 bits per heavy atom. The van der Waals surface area contributed by atoms with Crippen LogP contribution in [0.15, 0.2) is 60.7 Å². The maximum atomic E-state index is 13.8. The van der Waals surface area contributed by atoms with Crippen LogP contribution in [0, 0.1) is 5.82 Å². The Balaban J connectivity index is 1.62. The third kappa shape index (κ3) is 5.15. The van der Waals surface area contributed by atoms with Crippen LogP contribution in [-0.4, -0.2) is 45.2 Å². The Labute approximate surface area is 199 Å². The maximum Gasteiger partial charge on any atom is 0.251 e. The van der Waals surface area contributed by atoms with Crippen LogP contribution in [0.4, 0.5) is 4.39 Å². The minimum atomic E-state index is -0.260. The summed E-state index contributed by atoms with van der Waals surface area (Å²) in [5, 5.41) is 3.07. The highest BCUT2D eigenvalue weighted by Gasteiger charge is 2.30. The Morgan fingerprint density at radius 2 is 1.76 bits per heavy atom. The number of hydrogen-bond acceptors (Lipinski definition) is 5. The molecule has 1 atom stereocenters. The lowest BCUT2D eigenvalue weighted by Crippen LogP contribution is -2.41. The molecule has 178 valence electrons. The van der Waals surface area contributed by atoms with Crippen LogP contribution in [-0.2, 0) is 13.0 Å². The number of hydrogen-bond donors (Lipinski definition) is 1. The first kappa shape index (κ1) is 23.6. The van der Waals surface area contributed by atoms with Crippen LogP contribution in [0.25, 0.3) is 0 Å². The first-order chi connectivity index (χ1) is 16.5. The molecule has 0 bridgehead atoms. The number of amides is 1. The van der Waals surface area contributed by atoms with Crippen molar-refractivity contribution in [2.75, 3.05) is 34.4 Å². The summed E-state index contributed by atoms with van der Waals surface area (Å²) in [6.45, 7) is 1.71. The lowest BCUT2D eigenvalue weighted by Gasteiger charge is -2.38. The molecule has 1 N–H and O–H groups in total. The topological polar surface area (TPSA) is 60.0 Å². The van der Waals surface area contributed by atoms with Gasteiger partial charge in [0.05, 0.1) is 27.4 Å². The first-order valence-corrected chi connectivity index (χ1v) is 11.2. The van der Waals surface area contributed by atoms with Crippen molar-refractivity contribution in [1.29, 1.82) is 0 Å². The van der Waals surface area contributed by atoms with Crippen molar-refractivity contribution in [3.8, 4) is 17.2 Å². The van der Waals surface area contributed by atoms with Crippen molar-refractivity contribution < 1.29 is 23.4 Å². The number of carbonyl (C=O) groups is 1. The van der Waals surface area contributed by atoms with Gasteiger partial charge in [-0.05, 0) is 65.6 Å². The Kier molecular flexibility index (Phi) is 7.33. The van der Waals surface area contributed by atoms with Gasteiger partial charge in [0.2, 0.25) is 0 Å². The smallest absolute Gasteiger partial charge is 0.251 e. The quantitative estimate of drug-likeness (QED) is 0.536. The summed E-state index contributed by atoms with van der Waals surface area (Å²) in [6.07, 6.45) is 0.811. The van der Waals surface area contributed by atoms with E-state index in [9.17, 15) is 9.18 Å². The Hall–Kier alpha value is -3.58. The summed E-state index contributed by atoms with van der Waals surface area (Å²) in [4.78, 5) is 15.2. The molecule has 1 aliphatic rings. The maximum absolute atomic E-state index is 13.8. The van der Waals surface area contributed by atoms with Crippen LogP contribution < -0.4 is 19.5 Å². The van der Waals surface area contributed by atoms with Gasteiger partial charge in [0, 0.05) is 25.2 Å². The van der Waals surface area contributed by atoms with E-state index in [0.717, 1.165) is 29.7 Å². The zero-order valence-electron chi connectivity index (χ0n) is 19.6. The molecule has 0 aliphatic carbocycles. The predicted octanol–water partition coefficient (Wildman–Crippen LogP) is 4.38. The third-order valence-corrected chi connectivity index (χ3v) is 6.18. The third-order valence-electron chi connectivity index (χ3n) is 6.18.